The number of ether oxygens (including phenoxy) is 2. The maximum atomic E-state index is 15.7. The molecule has 2 aromatic carbocycles. The smallest absolute Gasteiger partial charge is 0.273 e. The Morgan fingerprint density at radius 2 is 1.42 bits per heavy atom. The van der Waals surface area contributed by atoms with Gasteiger partial charge in [0.25, 0.3) is 11.6 Å². The van der Waals surface area contributed by atoms with Gasteiger partial charge < -0.3 is 24.9 Å². The molecule has 14 heteroatoms. The van der Waals surface area contributed by atoms with Crippen LogP contribution in [0.1, 0.15) is 33.5 Å². The first-order valence-corrected chi connectivity index (χ1v) is 16.7. The number of anilines is 1. The Balaban J connectivity index is 0.000000175. The minimum Gasteiger partial charge on any atom is -0.494 e. The molecule has 0 bridgehead atoms. The molecule has 2 fully saturated rings. The van der Waals surface area contributed by atoms with Crippen molar-refractivity contribution in [3.05, 3.63) is 107 Å². The molecule has 3 aliphatic heterocycles. The average Bonchev–Trinajstić information content (AvgIpc) is 3.64. The summed E-state index contributed by atoms with van der Waals surface area (Å²) in [5.74, 6) is -0.713. The molecular formula is C38H36ClFN8O4. The number of hydrogen-bond donors (Lipinski definition) is 3. The molecule has 12 nitrogen and oxygen atoms in total. The van der Waals surface area contributed by atoms with E-state index in [2.05, 4.69) is 36.1 Å². The van der Waals surface area contributed by atoms with Crippen molar-refractivity contribution in [3.8, 4) is 29.3 Å². The van der Waals surface area contributed by atoms with Crippen molar-refractivity contribution in [1.29, 1.82) is 10.5 Å². The number of aromatic hydroxyl groups is 1. The van der Waals surface area contributed by atoms with Crippen molar-refractivity contribution in [2.45, 2.75) is 18.8 Å². The summed E-state index contributed by atoms with van der Waals surface area (Å²) in [6.07, 6.45) is 3.47. The molecule has 266 valence electrons. The van der Waals surface area contributed by atoms with E-state index in [1.165, 1.54) is 18.2 Å². The lowest BCUT2D eigenvalue weighted by atomic mass is 9.92. The van der Waals surface area contributed by atoms with Gasteiger partial charge in [0.2, 0.25) is 0 Å². The lowest BCUT2D eigenvalue weighted by Crippen LogP contribution is -2.35. The first kappa shape index (κ1) is 36.4. The van der Waals surface area contributed by atoms with Crippen molar-refractivity contribution in [1.82, 2.24) is 24.8 Å². The molecule has 5 aromatic rings. The molecular weight excluding hydrogens is 687 g/mol. The van der Waals surface area contributed by atoms with Gasteiger partial charge in [-0.3, -0.25) is 24.6 Å². The molecule has 6 heterocycles. The molecule has 1 amide bonds. The number of nitrogens with zero attached hydrogens (tertiary/aromatic N) is 6. The molecule has 0 aliphatic carbocycles. The van der Waals surface area contributed by atoms with Crippen LogP contribution in [0.15, 0.2) is 73.1 Å². The molecule has 52 heavy (non-hydrogen) atoms. The van der Waals surface area contributed by atoms with Crippen molar-refractivity contribution in [2.24, 2.45) is 0 Å². The number of morpholine rings is 2. The number of rotatable bonds is 6. The predicted octanol–water partition coefficient (Wildman–Crippen LogP) is 5.01. The molecule has 8 rings (SSSR count). The third kappa shape index (κ3) is 7.46. The molecule has 2 saturated heterocycles. The Labute approximate surface area is 305 Å². The van der Waals surface area contributed by atoms with Crippen molar-refractivity contribution in [2.75, 3.05) is 57.9 Å². The van der Waals surface area contributed by atoms with Crippen LogP contribution in [0, 0.1) is 22.7 Å². The number of H-pyrrole nitrogens is 1. The Morgan fingerprint density at radius 1 is 0.827 bits per heavy atom. The van der Waals surface area contributed by atoms with Crippen molar-refractivity contribution in [3.63, 3.8) is 0 Å². The first-order valence-electron chi connectivity index (χ1n) is 16.7. The summed E-state index contributed by atoms with van der Waals surface area (Å²) >= 11 is 0. The van der Waals surface area contributed by atoms with Gasteiger partial charge in [-0.2, -0.15) is 10.5 Å². The Bertz CT molecular complexity index is 2140. The van der Waals surface area contributed by atoms with Crippen LogP contribution in [0.3, 0.4) is 0 Å². The van der Waals surface area contributed by atoms with Crippen LogP contribution >= 0.6 is 12.4 Å². The number of fused-ring (bicyclic) bond motifs is 2. The third-order valence-corrected chi connectivity index (χ3v) is 9.27. The lowest BCUT2D eigenvalue weighted by Gasteiger charge is -2.26. The number of nitriles is 2. The predicted molar refractivity (Wildman–Crippen MR) is 193 cm³/mol. The molecule has 0 spiro atoms. The fourth-order valence-corrected chi connectivity index (χ4v) is 6.54. The van der Waals surface area contributed by atoms with E-state index < -0.39 is 11.6 Å². The summed E-state index contributed by atoms with van der Waals surface area (Å²) in [5.41, 5.74) is 3.31. The number of alkyl halides is 1. The van der Waals surface area contributed by atoms with Crippen molar-refractivity contribution >= 4 is 34.9 Å². The number of pyridine rings is 2. The number of hydrogen-bond acceptors (Lipinski definition) is 10. The molecule has 1 unspecified atom stereocenters. The zero-order chi connectivity index (χ0) is 35.4. The Kier molecular flexibility index (Phi) is 11.1. The molecule has 3 aliphatic rings. The summed E-state index contributed by atoms with van der Waals surface area (Å²) in [6, 6.07) is 21.2. The summed E-state index contributed by atoms with van der Waals surface area (Å²) in [6.45, 7) is 8.11. The van der Waals surface area contributed by atoms with Crippen LogP contribution in [-0.2, 0) is 33.0 Å². The molecule has 1 atom stereocenters. The average molecular weight is 723 g/mol. The maximum Gasteiger partial charge on any atom is 0.273 e. The van der Waals surface area contributed by atoms with E-state index in [0.29, 0.717) is 47.8 Å². The van der Waals surface area contributed by atoms with Crippen LogP contribution in [0.4, 0.5) is 10.1 Å². The largest absolute Gasteiger partial charge is 0.494 e. The molecule has 3 aromatic heterocycles. The second-order valence-corrected chi connectivity index (χ2v) is 12.6. The van der Waals surface area contributed by atoms with E-state index in [9.17, 15) is 9.90 Å². The van der Waals surface area contributed by atoms with E-state index >= 15 is 4.39 Å². The summed E-state index contributed by atoms with van der Waals surface area (Å²) < 4.78 is 26.4. The van der Waals surface area contributed by atoms with Crippen LogP contribution < -0.4 is 5.32 Å². The quantitative estimate of drug-likeness (QED) is 0.217. The van der Waals surface area contributed by atoms with Gasteiger partial charge in [0, 0.05) is 68.3 Å². The maximum absolute atomic E-state index is 15.7. The van der Waals surface area contributed by atoms with Gasteiger partial charge in [0.15, 0.2) is 5.88 Å². The van der Waals surface area contributed by atoms with Gasteiger partial charge in [0.1, 0.15) is 0 Å². The van der Waals surface area contributed by atoms with Crippen LogP contribution in [0.25, 0.3) is 22.2 Å². The Hall–Kier alpha value is -5.41. The summed E-state index contributed by atoms with van der Waals surface area (Å²) in [5, 5.41) is 31.6. The topological polar surface area (TPSA) is 163 Å². The van der Waals surface area contributed by atoms with Gasteiger partial charge in [-0.25, -0.2) is 4.39 Å². The van der Waals surface area contributed by atoms with Gasteiger partial charge in [-0.05, 0) is 47.5 Å². The second-order valence-electron chi connectivity index (χ2n) is 12.6. The fourth-order valence-electron chi connectivity index (χ4n) is 6.54. The highest BCUT2D eigenvalue weighted by Crippen LogP contribution is 2.43. The normalized spacial score (nSPS) is 18.6. The molecule has 0 radical (unpaired) electrons. The van der Waals surface area contributed by atoms with Gasteiger partial charge in [-0.15, -0.1) is 12.4 Å². The number of benzene rings is 2. The molecule has 0 saturated carbocycles. The second kappa shape index (κ2) is 15.9. The van der Waals surface area contributed by atoms with E-state index in [1.807, 2.05) is 30.5 Å². The number of carbonyl (C=O) groups excluding carboxylic acids is 1. The minimum absolute atomic E-state index is 0. The third-order valence-electron chi connectivity index (χ3n) is 9.27. The zero-order valence-corrected chi connectivity index (χ0v) is 29.0. The highest BCUT2D eigenvalue weighted by Gasteiger charge is 2.50. The van der Waals surface area contributed by atoms with Gasteiger partial charge >= 0.3 is 0 Å². The van der Waals surface area contributed by atoms with E-state index in [1.54, 1.807) is 30.5 Å². The SMILES string of the molecule is Cl.N#Cc1ccc2c(-c3ccc(CN4CCOCC4)cn3)c(O)[nH]c2c1.N#Cc1ccc2c(c1)NC(=O)C2(F)c1ccc(CN2CCOCC2)cn1. The number of aromatic amines is 1. The lowest BCUT2D eigenvalue weighted by molar-refractivity contribution is -0.124. The van der Waals surface area contributed by atoms with Gasteiger partial charge in [0.05, 0.1) is 72.2 Å². The minimum atomic E-state index is -2.35. The number of halogens is 2. The summed E-state index contributed by atoms with van der Waals surface area (Å²) in [4.78, 5) is 28.6. The highest BCUT2D eigenvalue weighted by molar-refractivity contribution is 6.07. The fraction of sp³-hybridized carbons (Fsp3) is 0.289. The summed E-state index contributed by atoms with van der Waals surface area (Å²) in [7, 11) is 0. The van der Waals surface area contributed by atoms with E-state index in [-0.39, 0.29) is 29.5 Å². The van der Waals surface area contributed by atoms with E-state index in [4.69, 9.17) is 20.0 Å². The number of aromatic nitrogens is 3. The zero-order valence-electron chi connectivity index (χ0n) is 28.1. The number of carbonyl (C=O) groups is 1. The first-order chi connectivity index (χ1) is 24.8. The number of nitrogens with one attached hydrogen (secondary N) is 2. The van der Waals surface area contributed by atoms with Gasteiger partial charge in [-0.1, -0.05) is 24.3 Å². The standard InChI is InChI=1S/C19H17FN4O2.C19H18N4O2.ClH/c20-19(15-3-1-13(10-21)9-16(15)23-18(19)25)17-4-2-14(11-22-17)12-24-5-7-26-8-6-24;20-10-13-1-3-15-17(9-13)22-19(24)18(15)16-4-2-14(11-21-16)12-23-5-7-25-8-6-23;/h1-4,9,11H,5-8,12H2,(H,23,25);1-4,9,11,22,24H,5-8,12H2;1H. The van der Waals surface area contributed by atoms with Crippen LogP contribution in [0.2, 0.25) is 0 Å². The monoisotopic (exact) mass is 722 g/mol. The molecule has 3 N–H and O–H groups in total. The van der Waals surface area contributed by atoms with E-state index in [0.717, 1.165) is 68.0 Å². The number of amides is 1. The van der Waals surface area contributed by atoms with Crippen molar-refractivity contribution < 1.29 is 23.8 Å². The van der Waals surface area contributed by atoms with Crippen LogP contribution in [0.5, 0.6) is 5.88 Å². The Morgan fingerprint density at radius 3 is 2.00 bits per heavy atom. The highest BCUT2D eigenvalue weighted by atomic mass is 35.5. The van der Waals surface area contributed by atoms with Crippen LogP contribution in [-0.4, -0.2) is 88.4 Å².